The van der Waals surface area contributed by atoms with E-state index in [0.717, 1.165) is 0 Å². The summed E-state index contributed by atoms with van der Waals surface area (Å²) in [5, 5.41) is 12.3. The molecule has 0 amide bonds. The van der Waals surface area contributed by atoms with Crippen LogP contribution in [0, 0.1) is 19.8 Å². The molecule has 2 atom stereocenters. The largest absolute Gasteiger partial charge is 0.481 e. The molecule has 0 saturated carbocycles. The number of carboxylic acids is 1. The number of benzene rings is 1. The Bertz CT molecular complexity index is 414. The highest BCUT2D eigenvalue weighted by molar-refractivity contribution is 5.70. The van der Waals surface area contributed by atoms with Crippen molar-refractivity contribution in [1.82, 2.24) is 5.32 Å². The molecule has 1 fully saturated rings. The molecule has 1 aliphatic heterocycles. The van der Waals surface area contributed by atoms with E-state index in [4.69, 9.17) is 5.11 Å². The van der Waals surface area contributed by atoms with Gasteiger partial charge in [-0.05, 0) is 37.0 Å². The highest BCUT2D eigenvalue weighted by Gasteiger charge is 2.30. The first kappa shape index (κ1) is 11.1. The van der Waals surface area contributed by atoms with Gasteiger partial charge in [0.15, 0.2) is 0 Å². The highest BCUT2D eigenvalue weighted by atomic mass is 16.4. The molecule has 1 aromatic rings. The third-order valence-corrected chi connectivity index (χ3v) is 3.50. The zero-order chi connectivity index (χ0) is 11.7. The molecule has 0 spiro atoms. The Morgan fingerprint density at radius 1 is 1.44 bits per heavy atom. The molecule has 3 heteroatoms. The molecule has 0 radical (unpaired) electrons. The lowest BCUT2D eigenvalue weighted by atomic mass is 9.94. The van der Waals surface area contributed by atoms with E-state index in [2.05, 4.69) is 31.3 Å². The Kier molecular flexibility index (Phi) is 2.97. The van der Waals surface area contributed by atoms with E-state index < -0.39 is 5.97 Å². The average molecular weight is 219 g/mol. The summed E-state index contributed by atoms with van der Waals surface area (Å²) < 4.78 is 0. The van der Waals surface area contributed by atoms with E-state index in [1.54, 1.807) is 0 Å². The highest BCUT2D eigenvalue weighted by Crippen LogP contribution is 2.30. The maximum atomic E-state index is 10.9. The third kappa shape index (κ3) is 1.95. The molecule has 1 heterocycles. The van der Waals surface area contributed by atoms with Gasteiger partial charge in [-0.3, -0.25) is 4.79 Å². The second-order valence-electron chi connectivity index (χ2n) is 4.52. The topological polar surface area (TPSA) is 49.3 Å². The summed E-state index contributed by atoms with van der Waals surface area (Å²) in [6.07, 6.45) is 0.694. The van der Waals surface area contributed by atoms with Crippen molar-refractivity contribution in [2.45, 2.75) is 26.3 Å². The number of aryl methyl sites for hydroxylation is 1. The maximum Gasteiger partial charge on any atom is 0.307 e. The summed E-state index contributed by atoms with van der Waals surface area (Å²) in [5.41, 5.74) is 3.77. The molecule has 2 rings (SSSR count). The van der Waals surface area contributed by atoms with Gasteiger partial charge in [-0.2, -0.15) is 0 Å². The summed E-state index contributed by atoms with van der Waals surface area (Å²) in [5.74, 6) is -0.940. The Morgan fingerprint density at radius 2 is 2.19 bits per heavy atom. The van der Waals surface area contributed by atoms with Crippen LogP contribution in [0.2, 0.25) is 0 Å². The second kappa shape index (κ2) is 4.26. The van der Waals surface area contributed by atoms with Crippen LogP contribution in [0.15, 0.2) is 18.2 Å². The standard InChI is InChI=1S/C13H17NO2/c1-8-4-3-5-11(9(8)2)12-6-10(7-14-12)13(15)16/h3-5,10,12,14H,6-7H2,1-2H3,(H,15,16). The lowest BCUT2D eigenvalue weighted by Gasteiger charge is -2.15. The number of carbonyl (C=O) groups is 1. The number of hydrogen-bond acceptors (Lipinski definition) is 2. The van der Waals surface area contributed by atoms with Gasteiger partial charge in [0, 0.05) is 12.6 Å². The van der Waals surface area contributed by atoms with Gasteiger partial charge in [-0.1, -0.05) is 18.2 Å². The van der Waals surface area contributed by atoms with E-state index in [1.165, 1.54) is 16.7 Å². The number of nitrogens with one attached hydrogen (secondary N) is 1. The number of rotatable bonds is 2. The van der Waals surface area contributed by atoms with Gasteiger partial charge < -0.3 is 10.4 Å². The minimum Gasteiger partial charge on any atom is -0.481 e. The first-order valence-corrected chi connectivity index (χ1v) is 5.62. The molecule has 2 N–H and O–H groups in total. The fourth-order valence-corrected chi connectivity index (χ4v) is 2.31. The van der Waals surface area contributed by atoms with E-state index in [-0.39, 0.29) is 12.0 Å². The van der Waals surface area contributed by atoms with Crippen LogP contribution >= 0.6 is 0 Å². The molecule has 1 aromatic carbocycles. The minimum absolute atomic E-state index is 0.195. The molecule has 0 aliphatic carbocycles. The van der Waals surface area contributed by atoms with Crippen molar-refractivity contribution in [3.05, 3.63) is 34.9 Å². The van der Waals surface area contributed by atoms with Crippen LogP contribution in [0.25, 0.3) is 0 Å². The predicted molar refractivity (Wildman–Crippen MR) is 62.4 cm³/mol. The lowest BCUT2D eigenvalue weighted by Crippen LogP contribution is -2.17. The Labute approximate surface area is 95.5 Å². The third-order valence-electron chi connectivity index (χ3n) is 3.50. The number of carboxylic acid groups (broad SMARTS) is 1. The number of aliphatic carboxylic acids is 1. The van der Waals surface area contributed by atoms with Crippen LogP contribution < -0.4 is 5.32 Å². The van der Waals surface area contributed by atoms with Gasteiger partial charge >= 0.3 is 5.97 Å². The summed E-state index contributed by atoms with van der Waals surface area (Å²) in [4.78, 5) is 10.9. The van der Waals surface area contributed by atoms with E-state index in [0.29, 0.717) is 13.0 Å². The van der Waals surface area contributed by atoms with Crippen molar-refractivity contribution in [3.63, 3.8) is 0 Å². The van der Waals surface area contributed by atoms with E-state index in [1.807, 2.05) is 6.07 Å². The minimum atomic E-state index is -0.694. The maximum absolute atomic E-state index is 10.9. The molecular formula is C13H17NO2. The van der Waals surface area contributed by atoms with Crippen LogP contribution in [-0.2, 0) is 4.79 Å². The first-order chi connectivity index (χ1) is 7.59. The molecule has 0 aromatic heterocycles. The average Bonchev–Trinajstić information content (AvgIpc) is 2.71. The molecule has 1 aliphatic rings. The smallest absolute Gasteiger partial charge is 0.307 e. The molecule has 1 saturated heterocycles. The molecule has 2 unspecified atom stereocenters. The summed E-state index contributed by atoms with van der Waals surface area (Å²) in [6, 6.07) is 6.40. The lowest BCUT2D eigenvalue weighted by molar-refractivity contribution is -0.141. The fraction of sp³-hybridized carbons (Fsp3) is 0.462. The Morgan fingerprint density at radius 3 is 2.81 bits per heavy atom. The van der Waals surface area contributed by atoms with Crippen molar-refractivity contribution in [2.24, 2.45) is 5.92 Å². The van der Waals surface area contributed by atoms with Crippen molar-refractivity contribution >= 4 is 5.97 Å². The summed E-state index contributed by atoms with van der Waals surface area (Å²) >= 11 is 0. The summed E-state index contributed by atoms with van der Waals surface area (Å²) in [7, 11) is 0. The molecule has 3 nitrogen and oxygen atoms in total. The van der Waals surface area contributed by atoms with Gasteiger partial charge in [0.1, 0.15) is 0 Å². The van der Waals surface area contributed by atoms with Gasteiger partial charge in [0.25, 0.3) is 0 Å². The monoisotopic (exact) mass is 219 g/mol. The van der Waals surface area contributed by atoms with Crippen molar-refractivity contribution in [2.75, 3.05) is 6.54 Å². The number of hydrogen-bond donors (Lipinski definition) is 2. The quantitative estimate of drug-likeness (QED) is 0.800. The van der Waals surface area contributed by atoms with Crippen LogP contribution in [0.3, 0.4) is 0 Å². The molecular weight excluding hydrogens is 202 g/mol. The van der Waals surface area contributed by atoms with Gasteiger partial charge in [-0.25, -0.2) is 0 Å². The van der Waals surface area contributed by atoms with Gasteiger partial charge in [-0.15, -0.1) is 0 Å². The SMILES string of the molecule is Cc1cccc(C2CC(C(=O)O)CN2)c1C. The van der Waals surface area contributed by atoms with Gasteiger partial charge in [0.05, 0.1) is 5.92 Å². The normalized spacial score (nSPS) is 24.6. The summed E-state index contributed by atoms with van der Waals surface area (Å²) in [6.45, 7) is 4.76. The van der Waals surface area contributed by atoms with Crippen molar-refractivity contribution < 1.29 is 9.90 Å². The Balaban J connectivity index is 2.21. The Hall–Kier alpha value is -1.35. The predicted octanol–water partition coefficient (Wildman–Crippen LogP) is 2.04. The molecule has 0 bridgehead atoms. The molecule has 16 heavy (non-hydrogen) atoms. The van der Waals surface area contributed by atoms with Crippen LogP contribution in [0.5, 0.6) is 0 Å². The zero-order valence-electron chi connectivity index (χ0n) is 9.66. The van der Waals surface area contributed by atoms with Crippen LogP contribution in [-0.4, -0.2) is 17.6 Å². The zero-order valence-corrected chi connectivity index (χ0v) is 9.66. The van der Waals surface area contributed by atoms with Crippen molar-refractivity contribution in [3.8, 4) is 0 Å². The van der Waals surface area contributed by atoms with Crippen LogP contribution in [0.4, 0.5) is 0 Å². The van der Waals surface area contributed by atoms with Gasteiger partial charge in [0.2, 0.25) is 0 Å². The van der Waals surface area contributed by atoms with Crippen molar-refractivity contribution in [1.29, 1.82) is 0 Å². The first-order valence-electron chi connectivity index (χ1n) is 5.62. The van der Waals surface area contributed by atoms with E-state index in [9.17, 15) is 4.79 Å². The van der Waals surface area contributed by atoms with E-state index >= 15 is 0 Å². The second-order valence-corrected chi connectivity index (χ2v) is 4.52. The van der Waals surface area contributed by atoms with Crippen LogP contribution in [0.1, 0.15) is 29.2 Å². The fourth-order valence-electron chi connectivity index (χ4n) is 2.31. The molecule has 86 valence electrons.